The maximum Gasteiger partial charge on any atom is 0.419 e. The van der Waals surface area contributed by atoms with Crippen LogP contribution >= 0.6 is 0 Å². The van der Waals surface area contributed by atoms with Gasteiger partial charge in [0.15, 0.2) is 0 Å². The van der Waals surface area contributed by atoms with Crippen LogP contribution in [-0.2, 0) is 28.4 Å². The first kappa shape index (κ1) is 85.3. The minimum Gasteiger partial charge on any atom is -0.443 e. The standard InChI is InChI=1S/C98H102N8O12/c1-93(2,3)113-87(107)101(73-43-39-71(40-44-73)99-85(67-31-23-19-24-32-67)68-33-25-20-26-34-68)75-47-51-77(52-48-75)103(89(109)115-95(7,8)9)79-55-59-81(60-56-79)105(91(111)117-97(13,14)15)83-63-65-84(66-64-83)106(92(112)118-98(16,17)18)82-61-57-80(58-62-82)104(90(110)116-96(10,11)12)78-53-49-76(50-54-78)102(88(108)114-94(4,5)6)74-45-41-72(42-46-74)100-86(69-35-27-21-28-36-69)70-37-29-22-30-38-70/h19-66H,1-18H3. The summed E-state index contributed by atoms with van der Waals surface area (Å²) in [5.41, 5.74) is 5.95. The first-order chi connectivity index (χ1) is 55.7. The molecule has 0 radical (unpaired) electrons. The van der Waals surface area contributed by atoms with Gasteiger partial charge < -0.3 is 28.4 Å². The van der Waals surface area contributed by atoms with Crippen LogP contribution in [0.15, 0.2) is 301 Å². The largest absolute Gasteiger partial charge is 0.443 e. The van der Waals surface area contributed by atoms with Crippen LogP contribution in [0.25, 0.3) is 0 Å². The van der Waals surface area contributed by atoms with Crippen LogP contribution in [0.3, 0.4) is 0 Å². The van der Waals surface area contributed by atoms with Crippen molar-refractivity contribution < 1.29 is 57.2 Å². The van der Waals surface area contributed by atoms with Gasteiger partial charge in [0, 0.05) is 22.3 Å². The van der Waals surface area contributed by atoms with Crippen molar-refractivity contribution in [1.29, 1.82) is 0 Å². The predicted octanol–water partition coefficient (Wildman–Crippen LogP) is 26.5. The topological polar surface area (TPSA) is 202 Å². The fourth-order valence-electron chi connectivity index (χ4n) is 12.3. The van der Waals surface area contributed by atoms with Gasteiger partial charge in [0.05, 0.1) is 91.0 Å². The quantitative estimate of drug-likeness (QED) is 0.0582. The third kappa shape index (κ3) is 22.9. The number of aliphatic imine (C=N–C) groups is 2. The molecule has 20 heteroatoms. The van der Waals surface area contributed by atoms with E-state index in [4.69, 9.17) is 38.4 Å². The maximum atomic E-state index is 14.7. The number of anilines is 12. The van der Waals surface area contributed by atoms with Gasteiger partial charge in [0.2, 0.25) is 0 Å². The summed E-state index contributed by atoms with van der Waals surface area (Å²) in [6, 6.07) is 88.0. The Morgan fingerprint density at radius 1 is 0.186 bits per heavy atom. The predicted molar refractivity (Wildman–Crippen MR) is 472 cm³/mol. The van der Waals surface area contributed by atoms with Gasteiger partial charge >= 0.3 is 36.6 Å². The van der Waals surface area contributed by atoms with Crippen LogP contribution in [0.1, 0.15) is 147 Å². The molecule has 0 heterocycles. The molecule has 0 saturated carbocycles. The Morgan fingerprint density at radius 2 is 0.305 bits per heavy atom. The molecule has 0 atom stereocenters. The average Bonchev–Trinajstić information content (AvgIpc) is 0.787. The number of ether oxygens (including phenoxy) is 6. The molecule has 0 N–H and O–H groups in total. The molecule has 118 heavy (non-hydrogen) atoms. The van der Waals surface area contributed by atoms with E-state index in [0.29, 0.717) is 79.6 Å². The smallest absolute Gasteiger partial charge is 0.419 e. The average molecular weight is 1580 g/mol. The third-order valence-corrected chi connectivity index (χ3v) is 17.2. The van der Waals surface area contributed by atoms with Gasteiger partial charge in [-0.2, -0.15) is 0 Å². The number of benzene rings is 11. The lowest BCUT2D eigenvalue weighted by Gasteiger charge is -2.31. The second-order valence-corrected chi connectivity index (χ2v) is 33.9. The molecule has 0 saturated heterocycles. The van der Waals surface area contributed by atoms with Crippen LogP contribution in [0.5, 0.6) is 0 Å². The van der Waals surface area contributed by atoms with E-state index in [2.05, 4.69) is 0 Å². The van der Waals surface area contributed by atoms with E-state index in [1.165, 1.54) is 29.4 Å². The van der Waals surface area contributed by atoms with Gasteiger partial charge in [-0.15, -0.1) is 0 Å². The summed E-state index contributed by atoms with van der Waals surface area (Å²) < 4.78 is 36.2. The van der Waals surface area contributed by atoms with Crippen molar-refractivity contribution in [1.82, 2.24) is 0 Å². The fourth-order valence-corrected chi connectivity index (χ4v) is 12.3. The van der Waals surface area contributed by atoms with Crippen LogP contribution in [-0.4, -0.2) is 81.6 Å². The number of hydrogen-bond acceptors (Lipinski definition) is 14. The van der Waals surface area contributed by atoms with Crippen molar-refractivity contribution in [3.63, 3.8) is 0 Å². The highest BCUT2D eigenvalue weighted by molar-refractivity contribution is 6.15. The monoisotopic (exact) mass is 1580 g/mol. The Hall–Kier alpha value is -13.6. The van der Waals surface area contributed by atoms with E-state index < -0.39 is 70.2 Å². The molecule has 11 rings (SSSR count). The van der Waals surface area contributed by atoms with E-state index in [0.717, 1.165) is 33.7 Å². The Bertz CT molecular complexity index is 4940. The van der Waals surface area contributed by atoms with E-state index >= 15 is 0 Å². The van der Waals surface area contributed by atoms with E-state index in [9.17, 15) is 28.8 Å². The van der Waals surface area contributed by atoms with Crippen molar-refractivity contribution in [3.05, 3.63) is 313 Å². The summed E-state index contributed by atoms with van der Waals surface area (Å²) >= 11 is 0. The summed E-state index contributed by atoms with van der Waals surface area (Å²) in [5, 5.41) is 0. The fraction of sp³-hybridized carbons (Fsp3) is 0.245. The molecule has 11 aromatic carbocycles. The molecule has 0 aromatic heterocycles. The summed E-state index contributed by atoms with van der Waals surface area (Å²) in [5.74, 6) is 0. The highest BCUT2D eigenvalue weighted by Gasteiger charge is 2.34. The molecule has 0 unspecified atom stereocenters. The van der Waals surface area contributed by atoms with Crippen molar-refractivity contribution in [3.8, 4) is 0 Å². The molecule has 20 nitrogen and oxygen atoms in total. The highest BCUT2D eigenvalue weighted by Crippen LogP contribution is 2.41. The molecule has 6 amide bonds. The third-order valence-electron chi connectivity index (χ3n) is 17.2. The van der Waals surface area contributed by atoms with E-state index in [-0.39, 0.29) is 0 Å². The van der Waals surface area contributed by atoms with Crippen LogP contribution in [0.4, 0.5) is 108 Å². The van der Waals surface area contributed by atoms with Gasteiger partial charge in [-0.25, -0.2) is 68.2 Å². The lowest BCUT2D eigenvalue weighted by Crippen LogP contribution is -2.35. The Morgan fingerprint density at radius 3 is 0.424 bits per heavy atom. The molecule has 606 valence electrons. The second-order valence-electron chi connectivity index (χ2n) is 33.9. The van der Waals surface area contributed by atoms with E-state index in [1.54, 1.807) is 270 Å². The first-order valence-electron chi connectivity index (χ1n) is 39.0. The van der Waals surface area contributed by atoms with Gasteiger partial charge in [-0.05, 0) is 294 Å². The zero-order valence-corrected chi connectivity index (χ0v) is 70.2. The normalized spacial score (nSPS) is 11.7. The molecule has 0 spiro atoms. The molecule has 0 aliphatic rings. The van der Waals surface area contributed by atoms with Gasteiger partial charge in [0.1, 0.15) is 33.6 Å². The van der Waals surface area contributed by atoms with Gasteiger partial charge in [-0.1, -0.05) is 121 Å². The summed E-state index contributed by atoms with van der Waals surface area (Å²) in [7, 11) is 0. The maximum absolute atomic E-state index is 14.7. The number of rotatable bonds is 18. The van der Waals surface area contributed by atoms with Gasteiger partial charge in [-0.3, -0.25) is 0 Å². The summed E-state index contributed by atoms with van der Waals surface area (Å²) in [6.07, 6.45) is -4.15. The Kier molecular flexibility index (Phi) is 25.8. The zero-order valence-electron chi connectivity index (χ0n) is 70.2. The molecule has 11 aromatic rings. The first-order valence-corrected chi connectivity index (χ1v) is 39.0. The lowest BCUT2D eigenvalue weighted by atomic mass is 10.0. The molecule has 0 aliphatic heterocycles. The molecule has 0 bridgehead atoms. The molecular formula is C98H102N8O12. The summed E-state index contributed by atoms with van der Waals surface area (Å²) in [6.45, 7) is 31.9. The highest BCUT2D eigenvalue weighted by atomic mass is 16.6. The van der Waals surface area contributed by atoms with Crippen molar-refractivity contribution >= 4 is 128 Å². The lowest BCUT2D eigenvalue weighted by molar-refractivity contribution is 0.0586. The second kappa shape index (κ2) is 35.6. The number of amides is 6. The minimum absolute atomic E-state index is 0.346. The molecule has 0 fully saturated rings. The van der Waals surface area contributed by atoms with Crippen LogP contribution in [0, 0.1) is 0 Å². The molecular weight excluding hydrogens is 1480 g/mol. The SMILES string of the molecule is CC(C)(C)OC(=O)N(c1ccc(N=C(c2ccccc2)c2ccccc2)cc1)c1ccc(N(C(=O)OC(C)(C)C)c2ccc(N(C(=O)OC(C)(C)C)c3ccc(N(C(=O)OC(C)(C)C)c4ccc(N(C(=O)OC(C)(C)C)c5ccc(N(C(=O)OC(C)(C)C)c6ccc(N=C(c7ccccc7)c7ccccc7)cc6)cc5)cc4)cc3)cc2)cc1. The summed E-state index contributed by atoms with van der Waals surface area (Å²) in [4.78, 5) is 106. The van der Waals surface area contributed by atoms with E-state index in [1.807, 2.05) is 146 Å². The minimum atomic E-state index is -0.950. The van der Waals surface area contributed by atoms with Crippen molar-refractivity contribution in [2.24, 2.45) is 9.98 Å². The number of nitrogens with zero attached hydrogens (tertiary/aromatic N) is 8. The van der Waals surface area contributed by atoms with Crippen molar-refractivity contribution in [2.75, 3.05) is 29.4 Å². The van der Waals surface area contributed by atoms with Crippen LogP contribution in [0.2, 0.25) is 0 Å². The van der Waals surface area contributed by atoms with Gasteiger partial charge in [0.25, 0.3) is 0 Å². The number of carbonyl (C=O) groups excluding carboxylic acids is 6. The van der Waals surface area contributed by atoms with Crippen LogP contribution < -0.4 is 29.4 Å². The Balaban J connectivity index is 0.891. The Labute approximate surface area is 692 Å². The number of hydrogen-bond donors (Lipinski definition) is 0. The number of carbonyl (C=O) groups is 6. The van der Waals surface area contributed by atoms with Crippen molar-refractivity contribution in [2.45, 2.75) is 158 Å². The zero-order chi connectivity index (χ0) is 85.1. The molecule has 0 aliphatic carbocycles.